The molecule has 0 spiro atoms. The molecule has 0 saturated heterocycles. The van der Waals surface area contributed by atoms with E-state index in [0.29, 0.717) is 6.42 Å². The lowest BCUT2D eigenvalue weighted by atomic mass is 9.84. The lowest BCUT2D eigenvalue weighted by Gasteiger charge is -2.40. The smallest absolute Gasteiger partial charge is 0.225 e. The van der Waals surface area contributed by atoms with Crippen LogP contribution >= 0.6 is 0 Å². The van der Waals surface area contributed by atoms with Crippen LogP contribution in [0.5, 0.6) is 11.5 Å². The fourth-order valence-electron chi connectivity index (χ4n) is 7.04. The number of hydrogen-bond acceptors (Lipinski definition) is 3. The number of nitrogens with one attached hydrogen (secondary N) is 1. The third kappa shape index (κ3) is 8.71. The van der Waals surface area contributed by atoms with Crippen LogP contribution in [0, 0.1) is 5.92 Å². The zero-order valence-electron chi connectivity index (χ0n) is 29.3. The molecule has 46 heavy (non-hydrogen) atoms. The first kappa shape index (κ1) is 34.4. The second kappa shape index (κ2) is 15.3. The SMILES string of the molecule is CCCCc1ccc(CC[C@H](CC2CCCCC2)O[Si](C)(C)C(C)(C)C)cc1NC(=O)CC1c2ccccc2Oc2ccccc21. The number of aryl methyl sites for hydroxylation is 2. The average molecular weight is 640 g/mol. The van der Waals surface area contributed by atoms with Crippen molar-refractivity contribution in [2.75, 3.05) is 5.32 Å². The van der Waals surface area contributed by atoms with Gasteiger partial charge in [-0.05, 0) is 85.5 Å². The minimum atomic E-state index is -1.89. The van der Waals surface area contributed by atoms with E-state index < -0.39 is 8.32 Å². The van der Waals surface area contributed by atoms with E-state index in [-0.39, 0.29) is 23.0 Å². The van der Waals surface area contributed by atoms with Crippen molar-refractivity contribution in [2.24, 2.45) is 5.92 Å². The summed E-state index contributed by atoms with van der Waals surface area (Å²) in [5, 5.41) is 3.57. The van der Waals surface area contributed by atoms with Crippen LogP contribution in [-0.4, -0.2) is 20.3 Å². The van der Waals surface area contributed by atoms with Gasteiger partial charge in [-0.3, -0.25) is 4.79 Å². The van der Waals surface area contributed by atoms with E-state index in [9.17, 15) is 4.79 Å². The Morgan fingerprint density at radius 2 is 1.59 bits per heavy atom. The van der Waals surface area contributed by atoms with Crippen LogP contribution in [0.3, 0.4) is 0 Å². The normalized spacial score (nSPS) is 16.3. The van der Waals surface area contributed by atoms with Crippen LogP contribution in [0.15, 0.2) is 66.7 Å². The second-order valence-corrected chi connectivity index (χ2v) is 20.1. The monoisotopic (exact) mass is 639 g/mol. The van der Waals surface area contributed by atoms with E-state index in [2.05, 4.69) is 76.4 Å². The Morgan fingerprint density at radius 3 is 2.22 bits per heavy atom. The molecular formula is C41H57NO3Si. The molecule has 3 aromatic rings. The molecule has 1 aliphatic carbocycles. The van der Waals surface area contributed by atoms with Gasteiger partial charge in [0.1, 0.15) is 11.5 Å². The first-order chi connectivity index (χ1) is 22.0. The van der Waals surface area contributed by atoms with Gasteiger partial charge in [-0.15, -0.1) is 0 Å². The van der Waals surface area contributed by atoms with Gasteiger partial charge < -0.3 is 14.5 Å². The zero-order chi connectivity index (χ0) is 32.7. The second-order valence-electron chi connectivity index (χ2n) is 15.4. The molecule has 0 radical (unpaired) electrons. The number of amides is 1. The minimum absolute atomic E-state index is 0.0443. The third-order valence-corrected chi connectivity index (χ3v) is 15.3. The fourth-order valence-corrected chi connectivity index (χ4v) is 8.44. The molecule has 2 aliphatic rings. The molecule has 5 rings (SSSR count). The van der Waals surface area contributed by atoms with Crippen LogP contribution in [0.25, 0.3) is 0 Å². The number of fused-ring (bicyclic) bond motifs is 2. The van der Waals surface area contributed by atoms with Crippen LogP contribution < -0.4 is 10.1 Å². The summed E-state index contributed by atoms with van der Waals surface area (Å²) in [5.74, 6) is 2.47. The van der Waals surface area contributed by atoms with E-state index >= 15 is 0 Å². The van der Waals surface area contributed by atoms with Crippen molar-refractivity contribution < 1.29 is 14.0 Å². The van der Waals surface area contributed by atoms with Crippen molar-refractivity contribution in [3.8, 4) is 11.5 Å². The molecule has 1 aliphatic heterocycles. The Kier molecular flexibility index (Phi) is 11.5. The summed E-state index contributed by atoms with van der Waals surface area (Å²) in [5.41, 5.74) is 5.62. The Bertz CT molecular complexity index is 1410. The van der Waals surface area contributed by atoms with Crippen molar-refractivity contribution in [1.82, 2.24) is 0 Å². The highest BCUT2D eigenvalue weighted by molar-refractivity contribution is 6.74. The summed E-state index contributed by atoms with van der Waals surface area (Å²) >= 11 is 0. The standard InChI is InChI=1S/C41H57NO3Si/c1-7-8-18-32-25-23-31(24-26-33(27-30-16-10-9-11-17-30)45-46(5,6)41(2,3)4)28-37(32)42-40(43)29-36-34-19-12-14-21-38(34)44-39-22-15-13-20-35(36)39/h12-15,19-23,25,28,30,33,36H,7-11,16-18,24,26-27,29H2,1-6H3,(H,42,43)/t33-/m1/s1. The molecule has 3 aromatic carbocycles. The number of ether oxygens (including phenoxy) is 1. The van der Waals surface area contributed by atoms with Gasteiger partial charge in [0.15, 0.2) is 8.32 Å². The molecule has 1 N–H and O–H groups in total. The van der Waals surface area contributed by atoms with E-state index in [1.165, 1.54) is 49.7 Å². The number of unbranched alkanes of at least 4 members (excludes halogenated alkanes) is 1. The van der Waals surface area contributed by atoms with E-state index in [0.717, 1.165) is 66.3 Å². The predicted molar refractivity (Wildman–Crippen MR) is 195 cm³/mol. The topological polar surface area (TPSA) is 47.6 Å². The lowest BCUT2D eigenvalue weighted by Crippen LogP contribution is -2.44. The molecule has 1 heterocycles. The summed E-state index contributed by atoms with van der Waals surface area (Å²) in [6.45, 7) is 14.1. The molecular weight excluding hydrogens is 583 g/mol. The van der Waals surface area contributed by atoms with Crippen molar-refractivity contribution >= 4 is 19.9 Å². The highest BCUT2D eigenvalue weighted by Crippen LogP contribution is 2.45. The van der Waals surface area contributed by atoms with Crippen molar-refractivity contribution in [3.05, 3.63) is 89.0 Å². The Hall–Kier alpha value is -2.89. The highest BCUT2D eigenvalue weighted by atomic mass is 28.4. The zero-order valence-corrected chi connectivity index (χ0v) is 30.3. The van der Waals surface area contributed by atoms with Gasteiger partial charge in [0, 0.05) is 35.3 Å². The van der Waals surface area contributed by atoms with E-state index in [4.69, 9.17) is 9.16 Å². The highest BCUT2D eigenvalue weighted by Gasteiger charge is 2.39. The molecule has 5 heteroatoms. The van der Waals surface area contributed by atoms with Gasteiger partial charge in [-0.2, -0.15) is 0 Å². The molecule has 4 nitrogen and oxygen atoms in total. The molecule has 0 bridgehead atoms. The quantitative estimate of drug-likeness (QED) is 0.189. The number of carbonyl (C=O) groups excluding carboxylic acids is 1. The van der Waals surface area contributed by atoms with Gasteiger partial charge in [-0.1, -0.05) is 115 Å². The summed E-state index contributed by atoms with van der Waals surface area (Å²) in [7, 11) is -1.89. The maximum Gasteiger partial charge on any atom is 0.225 e. The van der Waals surface area contributed by atoms with Crippen molar-refractivity contribution in [3.63, 3.8) is 0 Å². The maximum atomic E-state index is 13.8. The van der Waals surface area contributed by atoms with Crippen LogP contribution in [0.2, 0.25) is 18.1 Å². The van der Waals surface area contributed by atoms with Gasteiger partial charge in [0.2, 0.25) is 5.91 Å². The average Bonchev–Trinajstić information content (AvgIpc) is 3.03. The number of carbonyl (C=O) groups is 1. The van der Waals surface area contributed by atoms with Crippen molar-refractivity contribution in [2.45, 2.75) is 135 Å². The van der Waals surface area contributed by atoms with Gasteiger partial charge in [0.25, 0.3) is 0 Å². The fraction of sp³-hybridized carbons (Fsp3) is 0.537. The third-order valence-electron chi connectivity index (χ3n) is 10.8. The van der Waals surface area contributed by atoms with E-state index in [1.807, 2.05) is 36.4 Å². The molecule has 1 atom stereocenters. The first-order valence-corrected chi connectivity index (χ1v) is 20.9. The van der Waals surface area contributed by atoms with Gasteiger partial charge >= 0.3 is 0 Å². The summed E-state index contributed by atoms with van der Waals surface area (Å²) in [6, 6.07) is 23.0. The van der Waals surface area contributed by atoms with Gasteiger partial charge in [-0.25, -0.2) is 0 Å². The van der Waals surface area contributed by atoms with E-state index in [1.54, 1.807) is 0 Å². The Balaban J connectivity index is 1.32. The van der Waals surface area contributed by atoms with Gasteiger partial charge in [0.05, 0.1) is 0 Å². The largest absolute Gasteiger partial charge is 0.457 e. The maximum absolute atomic E-state index is 13.8. The molecule has 0 aromatic heterocycles. The molecule has 0 unspecified atom stereocenters. The number of anilines is 1. The van der Waals surface area contributed by atoms with Crippen LogP contribution in [-0.2, 0) is 22.1 Å². The van der Waals surface area contributed by atoms with Crippen molar-refractivity contribution in [1.29, 1.82) is 0 Å². The minimum Gasteiger partial charge on any atom is -0.457 e. The summed E-state index contributed by atoms with van der Waals surface area (Å²) in [6.07, 6.45) is 13.8. The molecule has 1 amide bonds. The lowest BCUT2D eigenvalue weighted by molar-refractivity contribution is -0.116. The molecule has 1 fully saturated rings. The summed E-state index contributed by atoms with van der Waals surface area (Å²) in [4.78, 5) is 13.8. The van der Waals surface area contributed by atoms with Crippen LogP contribution in [0.4, 0.5) is 5.69 Å². The van der Waals surface area contributed by atoms with Crippen LogP contribution in [0.1, 0.15) is 120 Å². The Morgan fingerprint density at radius 1 is 0.935 bits per heavy atom. The number of benzene rings is 3. The number of hydrogen-bond donors (Lipinski definition) is 1. The molecule has 1 saturated carbocycles. The predicted octanol–water partition coefficient (Wildman–Crippen LogP) is 11.6. The Labute approximate surface area is 279 Å². The first-order valence-electron chi connectivity index (χ1n) is 18.0. The molecule has 248 valence electrons. The summed E-state index contributed by atoms with van der Waals surface area (Å²) < 4.78 is 13.3. The number of rotatable bonds is 13. The number of para-hydroxylation sites is 2.